The fraction of sp³-hybridized carbons (Fsp3) is 0.800. The van der Waals surface area contributed by atoms with Gasteiger partial charge in [0, 0.05) is 19.0 Å². The number of alkyl carbamates (subject to hydrolysis) is 1. The number of hydrogen-bond donors (Lipinski definition) is 3. The van der Waals surface area contributed by atoms with Gasteiger partial charge in [0.25, 0.3) is 0 Å². The molecule has 2 aliphatic carbocycles. The van der Waals surface area contributed by atoms with Crippen LogP contribution in [0.25, 0.3) is 0 Å². The van der Waals surface area contributed by atoms with Crippen LogP contribution < -0.4 is 16.0 Å². The van der Waals surface area contributed by atoms with Crippen LogP contribution in [-0.4, -0.2) is 73.2 Å². The summed E-state index contributed by atoms with van der Waals surface area (Å²) in [4.78, 5) is 53.0. The highest BCUT2D eigenvalue weighted by Gasteiger charge is 2.63. The zero-order valence-corrected chi connectivity index (χ0v) is 21.3. The lowest BCUT2D eigenvalue weighted by atomic mass is 9.77. The number of fused-ring (bicyclic) bond motifs is 5. The fourth-order valence-electron chi connectivity index (χ4n) is 6.81. The van der Waals surface area contributed by atoms with Crippen LogP contribution in [0.4, 0.5) is 9.18 Å². The van der Waals surface area contributed by atoms with Gasteiger partial charge in [-0.1, -0.05) is 20.8 Å². The molecule has 2 heterocycles. The van der Waals surface area contributed by atoms with Crippen molar-refractivity contribution >= 4 is 23.8 Å². The van der Waals surface area contributed by atoms with E-state index in [4.69, 9.17) is 4.74 Å². The van der Waals surface area contributed by atoms with Crippen molar-refractivity contribution in [3.8, 4) is 6.07 Å². The highest BCUT2D eigenvalue weighted by Crippen LogP contribution is 2.58. The average molecular weight is 506 g/mol. The van der Waals surface area contributed by atoms with Gasteiger partial charge >= 0.3 is 6.09 Å². The number of hydrogen-bond acceptors (Lipinski definition) is 6. The van der Waals surface area contributed by atoms with E-state index >= 15 is 0 Å². The normalized spacial score (nSPS) is 34.4. The van der Waals surface area contributed by atoms with Crippen molar-refractivity contribution in [3.05, 3.63) is 0 Å². The molecule has 2 saturated heterocycles. The standard InChI is InChI=1S/C25H36FN5O5/c1-25(2,3)20(30-24(35)36-4)23(34)31-11-16-13-8-15(17(26)9-13)18(16)19(31)22(33)29-14(10-27)7-12-5-6-28-21(12)32/h12-20H,5-9,11H2,1-4H3,(H,28,32)(H,29,33)(H,30,35)/t12?,13?,14?,15?,16-,17?,18?,19?,20?/m0/s1. The van der Waals surface area contributed by atoms with Crippen molar-refractivity contribution in [2.75, 3.05) is 20.2 Å². The van der Waals surface area contributed by atoms with Gasteiger partial charge in [-0.3, -0.25) is 14.4 Å². The Morgan fingerprint density at radius 3 is 2.56 bits per heavy atom. The van der Waals surface area contributed by atoms with Crippen molar-refractivity contribution in [2.24, 2.45) is 35.0 Å². The molecule has 4 aliphatic rings. The Balaban J connectivity index is 1.59. The maximum Gasteiger partial charge on any atom is 0.407 e. The van der Waals surface area contributed by atoms with Gasteiger partial charge in [-0.25, -0.2) is 9.18 Å². The van der Waals surface area contributed by atoms with Gasteiger partial charge in [-0.15, -0.1) is 0 Å². The lowest BCUT2D eigenvalue weighted by molar-refractivity contribution is -0.143. The molecule has 8 unspecified atom stereocenters. The summed E-state index contributed by atoms with van der Waals surface area (Å²) in [5.74, 6) is -2.03. The molecule has 0 radical (unpaired) electrons. The average Bonchev–Trinajstić information content (AvgIpc) is 3.57. The zero-order chi connectivity index (χ0) is 26.4. The van der Waals surface area contributed by atoms with Gasteiger partial charge in [0.2, 0.25) is 17.7 Å². The number of nitrogens with zero attached hydrogens (tertiary/aromatic N) is 2. The van der Waals surface area contributed by atoms with E-state index in [0.717, 1.165) is 0 Å². The van der Waals surface area contributed by atoms with Crippen LogP contribution in [0.3, 0.4) is 0 Å². The number of halogens is 1. The van der Waals surface area contributed by atoms with Gasteiger partial charge in [0.15, 0.2) is 0 Å². The van der Waals surface area contributed by atoms with E-state index in [9.17, 15) is 28.8 Å². The van der Waals surface area contributed by atoms with Crippen molar-refractivity contribution < 1.29 is 28.3 Å². The van der Waals surface area contributed by atoms with Gasteiger partial charge in [-0.2, -0.15) is 5.26 Å². The predicted octanol–water partition coefficient (Wildman–Crippen LogP) is 1.11. The van der Waals surface area contributed by atoms with Crippen molar-refractivity contribution in [1.82, 2.24) is 20.9 Å². The lowest BCUT2D eigenvalue weighted by Gasteiger charge is -2.37. The van der Waals surface area contributed by atoms with E-state index in [1.165, 1.54) is 12.0 Å². The molecule has 198 valence electrons. The van der Waals surface area contributed by atoms with Crippen LogP contribution in [0.5, 0.6) is 0 Å². The number of methoxy groups -OCH3 is 1. The second-order valence-electron chi connectivity index (χ2n) is 11.7. The fourth-order valence-corrected chi connectivity index (χ4v) is 6.81. The van der Waals surface area contributed by atoms with E-state index in [1.54, 1.807) is 20.8 Å². The quantitative estimate of drug-likeness (QED) is 0.494. The number of likely N-dealkylation sites (tertiary alicyclic amines) is 1. The third-order valence-electron chi connectivity index (χ3n) is 8.54. The third kappa shape index (κ3) is 4.74. The second-order valence-corrected chi connectivity index (χ2v) is 11.7. The largest absolute Gasteiger partial charge is 0.453 e. The van der Waals surface area contributed by atoms with Gasteiger partial charge in [-0.05, 0) is 54.8 Å². The summed E-state index contributed by atoms with van der Waals surface area (Å²) >= 11 is 0. The molecular formula is C25H36FN5O5. The van der Waals surface area contributed by atoms with Crippen LogP contribution in [0.15, 0.2) is 0 Å². The summed E-state index contributed by atoms with van der Waals surface area (Å²) < 4.78 is 19.5. The summed E-state index contributed by atoms with van der Waals surface area (Å²) in [6.45, 7) is 6.24. The van der Waals surface area contributed by atoms with Crippen molar-refractivity contribution in [3.63, 3.8) is 0 Å². The molecule has 4 amide bonds. The van der Waals surface area contributed by atoms with Crippen LogP contribution in [-0.2, 0) is 19.1 Å². The number of nitrogens with one attached hydrogen (secondary N) is 3. The van der Waals surface area contributed by atoms with Crippen LogP contribution in [0.2, 0.25) is 0 Å². The molecule has 4 rings (SSSR count). The first-order chi connectivity index (χ1) is 17.0. The van der Waals surface area contributed by atoms with E-state index in [0.29, 0.717) is 32.4 Å². The molecule has 4 fully saturated rings. The number of carbonyl (C=O) groups excluding carboxylic acids is 4. The van der Waals surface area contributed by atoms with Gasteiger partial charge in [0.1, 0.15) is 24.3 Å². The Morgan fingerprint density at radius 2 is 1.97 bits per heavy atom. The predicted molar refractivity (Wildman–Crippen MR) is 126 cm³/mol. The van der Waals surface area contributed by atoms with Gasteiger partial charge < -0.3 is 25.6 Å². The van der Waals surface area contributed by atoms with Gasteiger partial charge in [0.05, 0.1) is 13.2 Å². The molecular weight excluding hydrogens is 469 g/mol. The molecule has 2 aliphatic heterocycles. The van der Waals surface area contributed by atoms with E-state index in [2.05, 4.69) is 22.0 Å². The molecule has 9 atom stereocenters. The highest BCUT2D eigenvalue weighted by atomic mass is 19.1. The first-order valence-corrected chi connectivity index (χ1v) is 12.7. The summed E-state index contributed by atoms with van der Waals surface area (Å²) in [5.41, 5.74) is -0.684. The van der Waals surface area contributed by atoms with E-state index < -0.39 is 47.6 Å². The number of alkyl halides is 1. The minimum atomic E-state index is -1.03. The Bertz CT molecular complexity index is 961. The first-order valence-electron chi connectivity index (χ1n) is 12.7. The smallest absolute Gasteiger partial charge is 0.407 e. The molecule has 10 nitrogen and oxygen atoms in total. The molecule has 0 aromatic heterocycles. The number of ether oxygens (including phenoxy) is 1. The first kappa shape index (κ1) is 26.2. The molecule has 11 heteroatoms. The topological polar surface area (TPSA) is 141 Å². The Kier molecular flexibility index (Phi) is 7.17. The number of carbonyl (C=O) groups is 4. The number of rotatable bonds is 6. The minimum Gasteiger partial charge on any atom is -0.453 e. The summed E-state index contributed by atoms with van der Waals surface area (Å²) in [6, 6.07) is -0.757. The van der Waals surface area contributed by atoms with Crippen molar-refractivity contribution in [1.29, 1.82) is 5.26 Å². The molecule has 2 saturated carbocycles. The third-order valence-corrected chi connectivity index (χ3v) is 8.54. The monoisotopic (exact) mass is 505 g/mol. The Labute approximate surface area is 210 Å². The van der Waals surface area contributed by atoms with Crippen LogP contribution >= 0.6 is 0 Å². The molecule has 36 heavy (non-hydrogen) atoms. The van der Waals surface area contributed by atoms with Crippen LogP contribution in [0, 0.1) is 46.3 Å². The van der Waals surface area contributed by atoms with E-state index in [1.807, 2.05) is 0 Å². The molecule has 3 N–H and O–H groups in total. The van der Waals surface area contributed by atoms with Crippen molar-refractivity contribution in [2.45, 2.75) is 70.8 Å². The van der Waals surface area contributed by atoms with E-state index in [-0.39, 0.29) is 41.9 Å². The number of amides is 4. The SMILES string of the molecule is COC(=O)NC(C(=O)N1C[C@H]2C3CC(F)C(C3)C2C1C(=O)NC(C#N)CC1CCNC1=O)C(C)(C)C. The second kappa shape index (κ2) is 9.87. The molecule has 2 bridgehead atoms. The molecule has 0 aromatic rings. The maximum atomic E-state index is 14.8. The molecule has 0 aromatic carbocycles. The van der Waals surface area contributed by atoms with Crippen LogP contribution in [0.1, 0.15) is 46.5 Å². The minimum absolute atomic E-state index is 0.0124. The Morgan fingerprint density at radius 1 is 1.25 bits per heavy atom. The highest BCUT2D eigenvalue weighted by molar-refractivity contribution is 5.93. The molecule has 0 spiro atoms. The maximum absolute atomic E-state index is 14.8. The summed E-state index contributed by atoms with van der Waals surface area (Å²) in [5, 5.41) is 17.8. The zero-order valence-electron chi connectivity index (χ0n) is 21.3. The summed E-state index contributed by atoms with van der Waals surface area (Å²) in [6.07, 6.45) is 0.104. The lowest BCUT2D eigenvalue weighted by Crippen LogP contribution is -2.59. The Hall–Kier alpha value is -2.90. The summed E-state index contributed by atoms with van der Waals surface area (Å²) in [7, 11) is 1.21. The number of nitriles is 1.